The molecule has 0 spiro atoms. The molecule has 5 unspecified atom stereocenters. The van der Waals surface area contributed by atoms with Gasteiger partial charge in [-0.3, -0.25) is 14.5 Å². The third kappa shape index (κ3) is 27.6. The maximum Gasteiger partial charge on any atom is 0.306 e. The molecule has 9 heteroatoms. The molecule has 1 aromatic heterocycles. The minimum absolute atomic E-state index is 0.0326. The number of carbonyl (C=O) groups is 2. The van der Waals surface area contributed by atoms with Gasteiger partial charge in [-0.15, -0.1) is 0 Å². The molecular formula is C45H85N3O6. The van der Waals surface area contributed by atoms with Crippen LogP contribution in [0.3, 0.4) is 0 Å². The fourth-order valence-corrected chi connectivity index (χ4v) is 7.22. The SMILES string of the molecule is CCCCCCCCC(CC)OC(=O)CCCCCC(O)CN(CCC(C)n1ccnc1)CC(O)CCCCCC(=O)OC(CC)CCCCCCCC. The van der Waals surface area contributed by atoms with Crippen LogP contribution in [0.1, 0.15) is 214 Å². The second kappa shape index (κ2) is 34.3. The van der Waals surface area contributed by atoms with Crippen molar-refractivity contribution in [2.45, 2.75) is 238 Å². The fourth-order valence-electron chi connectivity index (χ4n) is 7.22. The van der Waals surface area contributed by atoms with E-state index in [0.717, 1.165) is 90.0 Å². The summed E-state index contributed by atoms with van der Waals surface area (Å²) in [5.74, 6) is -0.186. The van der Waals surface area contributed by atoms with Gasteiger partial charge in [0.15, 0.2) is 0 Å². The average Bonchev–Trinajstić information content (AvgIpc) is 3.71. The third-order valence-corrected chi connectivity index (χ3v) is 10.9. The maximum absolute atomic E-state index is 12.5. The van der Waals surface area contributed by atoms with Crippen molar-refractivity contribution in [2.75, 3.05) is 19.6 Å². The molecule has 54 heavy (non-hydrogen) atoms. The number of rotatable bonds is 38. The van der Waals surface area contributed by atoms with Gasteiger partial charge in [0.2, 0.25) is 0 Å². The zero-order chi connectivity index (χ0) is 39.7. The van der Waals surface area contributed by atoms with Crippen LogP contribution in [0.2, 0.25) is 0 Å². The molecule has 5 atom stereocenters. The number of aliphatic hydroxyl groups excluding tert-OH is 2. The van der Waals surface area contributed by atoms with Crippen molar-refractivity contribution in [3.63, 3.8) is 0 Å². The molecule has 9 nitrogen and oxygen atoms in total. The summed E-state index contributed by atoms with van der Waals surface area (Å²) in [4.78, 5) is 31.3. The Morgan fingerprint density at radius 1 is 0.611 bits per heavy atom. The van der Waals surface area contributed by atoms with Crippen LogP contribution >= 0.6 is 0 Å². The molecule has 0 aromatic carbocycles. The summed E-state index contributed by atoms with van der Waals surface area (Å²) in [5.41, 5.74) is 0. The number of nitrogens with zero attached hydrogens (tertiary/aromatic N) is 3. The van der Waals surface area contributed by atoms with E-state index in [1.807, 2.05) is 12.5 Å². The number of esters is 2. The normalized spacial score (nSPS) is 14.5. The number of hydrogen-bond donors (Lipinski definition) is 2. The molecule has 1 aromatic rings. The largest absolute Gasteiger partial charge is 0.462 e. The molecule has 316 valence electrons. The second-order valence-corrected chi connectivity index (χ2v) is 16.1. The van der Waals surface area contributed by atoms with Crippen molar-refractivity contribution in [3.05, 3.63) is 18.7 Å². The fraction of sp³-hybridized carbons (Fsp3) is 0.889. The number of unbranched alkanes of at least 4 members (excludes halogenated alkanes) is 14. The van der Waals surface area contributed by atoms with E-state index in [1.165, 1.54) is 64.2 Å². The molecule has 0 fully saturated rings. The smallest absolute Gasteiger partial charge is 0.306 e. The molecule has 0 aliphatic heterocycles. The van der Waals surface area contributed by atoms with Crippen molar-refractivity contribution in [3.8, 4) is 0 Å². The molecule has 0 aliphatic carbocycles. The molecule has 0 bridgehead atoms. The van der Waals surface area contributed by atoms with Crippen LogP contribution in [-0.2, 0) is 19.1 Å². The zero-order valence-corrected chi connectivity index (χ0v) is 35.7. The molecule has 0 aliphatic rings. The van der Waals surface area contributed by atoms with Crippen molar-refractivity contribution < 1.29 is 29.3 Å². The molecule has 0 amide bonds. The lowest BCUT2D eigenvalue weighted by atomic mass is 10.1. The lowest BCUT2D eigenvalue weighted by Gasteiger charge is -2.28. The Morgan fingerprint density at radius 3 is 1.46 bits per heavy atom. The lowest BCUT2D eigenvalue weighted by Crippen LogP contribution is -2.39. The predicted octanol–water partition coefficient (Wildman–Crippen LogP) is 10.9. The van der Waals surface area contributed by atoms with E-state index in [2.05, 4.69) is 49.1 Å². The van der Waals surface area contributed by atoms with E-state index in [-0.39, 0.29) is 30.2 Å². The first kappa shape index (κ1) is 50.0. The van der Waals surface area contributed by atoms with Gasteiger partial charge in [0, 0.05) is 50.9 Å². The summed E-state index contributed by atoms with van der Waals surface area (Å²) in [5, 5.41) is 22.0. The highest BCUT2D eigenvalue weighted by Crippen LogP contribution is 2.18. The molecule has 2 N–H and O–H groups in total. The molecule has 0 radical (unpaired) electrons. The average molecular weight is 764 g/mol. The Bertz CT molecular complexity index is 936. The van der Waals surface area contributed by atoms with Crippen LogP contribution in [0.25, 0.3) is 0 Å². The standard InChI is InChI=1S/C45H85N3O6/c1-6-10-12-14-16-22-28-42(8-3)53-44(51)30-24-18-20-26-40(49)36-47(34-32-39(5)48-35-33-46-38-48)37-41(50)27-21-19-25-31-45(52)54-43(9-4)29-23-17-15-13-11-7-2/h33,35,38-43,49-50H,6-32,34,36-37H2,1-5H3. The van der Waals surface area contributed by atoms with Gasteiger partial charge in [0.05, 0.1) is 18.5 Å². The van der Waals surface area contributed by atoms with E-state index in [4.69, 9.17) is 9.47 Å². The monoisotopic (exact) mass is 764 g/mol. The van der Waals surface area contributed by atoms with Gasteiger partial charge in [-0.05, 0) is 77.6 Å². The number of hydrogen-bond acceptors (Lipinski definition) is 8. The van der Waals surface area contributed by atoms with Crippen LogP contribution in [0.15, 0.2) is 18.7 Å². The van der Waals surface area contributed by atoms with E-state index in [0.29, 0.717) is 38.8 Å². The second-order valence-electron chi connectivity index (χ2n) is 16.1. The minimum Gasteiger partial charge on any atom is -0.462 e. The number of ether oxygens (including phenoxy) is 2. The highest BCUT2D eigenvalue weighted by atomic mass is 16.5. The third-order valence-electron chi connectivity index (χ3n) is 10.9. The molecular weight excluding hydrogens is 679 g/mol. The summed E-state index contributed by atoms with van der Waals surface area (Å²) in [6, 6.07) is 0.264. The van der Waals surface area contributed by atoms with E-state index < -0.39 is 12.2 Å². The van der Waals surface area contributed by atoms with Gasteiger partial charge in [-0.2, -0.15) is 0 Å². The highest BCUT2D eigenvalue weighted by Gasteiger charge is 2.18. The summed E-state index contributed by atoms with van der Waals surface area (Å²) >= 11 is 0. The highest BCUT2D eigenvalue weighted by molar-refractivity contribution is 5.69. The zero-order valence-electron chi connectivity index (χ0n) is 35.7. The Hall–Kier alpha value is -1.97. The first-order valence-corrected chi connectivity index (χ1v) is 22.7. The van der Waals surface area contributed by atoms with Gasteiger partial charge < -0.3 is 24.3 Å². The quantitative estimate of drug-likeness (QED) is 0.0505. The van der Waals surface area contributed by atoms with Gasteiger partial charge in [0.25, 0.3) is 0 Å². The van der Waals surface area contributed by atoms with Gasteiger partial charge in [-0.25, -0.2) is 4.98 Å². The molecule has 0 saturated carbocycles. The van der Waals surface area contributed by atoms with Crippen molar-refractivity contribution in [1.29, 1.82) is 0 Å². The Balaban J connectivity index is 2.38. The minimum atomic E-state index is -0.492. The summed E-state index contributed by atoms with van der Waals surface area (Å²) in [6.07, 6.45) is 31.4. The first-order chi connectivity index (χ1) is 26.2. The Morgan fingerprint density at radius 2 is 1.04 bits per heavy atom. The maximum atomic E-state index is 12.5. The van der Waals surface area contributed by atoms with Crippen LogP contribution in [0, 0.1) is 0 Å². The van der Waals surface area contributed by atoms with E-state index in [1.54, 1.807) is 6.20 Å². The summed E-state index contributed by atoms with van der Waals surface area (Å²) in [6.45, 7) is 12.6. The van der Waals surface area contributed by atoms with Crippen LogP contribution in [-0.4, -0.2) is 80.7 Å². The number of aromatic nitrogens is 2. The Kier molecular flexibility index (Phi) is 31.8. The topological polar surface area (TPSA) is 114 Å². The Labute approximate surface area is 331 Å². The van der Waals surface area contributed by atoms with Crippen molar-refractivity contribution in [1.82, 2.24) is 14.5 Å². The summed E-state index contributed by atoms with van der Waals surface area (Å²) in [7, 11) is 0. The van der Waals surface area contributed by atoms with Crippen molar-refractivity contribution in [2.24, 2.45) is 0 Å². The van der Waals surface area contributed by atoms with Gasteiger partial charge in [-0.1, -0.05) is 118 Å². The molecule has 1 heterocycles. The lowest BCUT2D eigenvalue weighted by molar-refractivity contribution is -0.150. The molecule has 0 saturated heterocycles. The van der Waals surface area contributed by atoms with Crippen molar-refractivity contribution >= 4 is 11.9 Å². The van der Waals surface area contributed by atoms with Crippen LogP contribution in [0.4, 0.5) is 0 Å². The predicted molar refractivity (Wildman–Crippen MR) is 223 cm³/mol. The van der Waals surface area contributed by atoms with Crippen LogP contribution in [0.5, 0.6) is 0 Å². The van der Waals surface area contributed by atoms with Gasteiger partial charge >= 0.3 is 11.9 Å². The molecule has 1 rings (SSSR count). The van der Waals surface area contributed by atoms with E-state index >= 15 is 0 Å². The van der Waals surface area contributed by atoms with Crippen LogP contribution < -0.4 is 0 Å². The van der Waals surface area contributed by atoms with Gasteiger partial charge in [0.1, 0.15) is 12.2 Å². The number of imidazole rings is 1. The summed E-state index contributed by atoms with van der Waals surface area (Å²) < 4.78 is 13.6. The number of aliphatic hydroxyl groups is 2. The van der Waals surface area contributed by atoms with E-state index in [9.17, 15) is 19.8 Å². The first-order valence-electron chi connectivity index (χ1n) is 22.7. The number of carbonyl (C=O) groups excluding carboxylic acids is 2.